The Morgan fingerprint density at radius 2 is 1.26 bits per heavy atom. The summed E-state index contributed by atoms with van der Waals surface area (Å²) < 4.78 is 22.0. The number of esters is 2. The lowest BCUT2D eigenvalue weighted by atomic mass is 10.0. The molecule has 0 saturated carbocycles. The topological polar surface area (TPSA) is 71.1 Å². The Labute approximate surface area is 225 Å². The van der Waals surface area contributed by atoms with Gasteiger partial charge in [0.1, 0.15) is 18.1 Å². The Morgan fingerprint density at radius 3 is 1.89 bits per heavy atom. The second-order valence-corrected chi connectivity index (χ2v) is 9.13. The molecule has 1 unspecified atom stereocenters. The molecule has 0 aliphatic rings. The van der Waals surface area contributed by atoms with Crippen molar-refractivity contribution in [2.45, 2.75) is 59.0 Å². The zero-order valence-electron chi connectivity index (χ0n) is 22.6. The third-order valence-corrected chi connectivity index (χ3v) is 6.08. The van der Waals surface area contributed by atoms with Crippen molar-refractivity contribution in [1.82, 2.24) is 0 Å². The summed E-state index contributed by atoms with van der Waals surface area (Å²) in [5, 5.41) is 0. The molecular weight excluding hydrogens is 480 g/mol. The van der Waals surface area contributed by atoms with Gasteiger partial charge in [0.25, 0.3) is 0 Å². The van der Waals surface area contributed by atoms with E-state index >= 15 is 0 Å². The van der Waals surface area contributed by atoms with E-state index in [2.05, 4.69) is 6.92 Å². The molecule has 0 bridgehead atoms. The summed E-state index contributed by atoms with van der Waals surface area (Å²) in [4.78, 5) is 25.0. The van der Waals surface area contributed by atoms with Crippen LogP contribution in [0.2, 0.25) is 0 Å². The van der Waals surface area contributed by atoms with Crippen molar-refractivity contribution in [3.63, 3.8) is 0 Å². The van der Waals surface area contributed by atoms with Crippen molar-refractivity contribution < 1.29 is 28.5 Å². The SMILES string of the molecule is CCCCCCC(C)OC(=O)c1ccc(OC(=O)c2ccc(-c3ccc(OCCOCC)cc3)cc2)cc1. The Hall–Kier alpha value is -3.64. The zero-order valence-corrected chi connectivity index (χ0v) is 22.6. The number of rotatable bonds is 15. The minimum Gasteiger partial charge on any atom is -0.491 e. The Kier molecular flexibility index (Phi) is 11.9. The van der Waals surface area contributed by atoms with Gasteiger partial charge in [-0.2, -0.15) is 0 Å². The fourth-order valence-corrected chi connectivity index (χ4v) is 3.90. The predicted molar refractivity (Wildman–Crippen MR) is 149 cm³/mol. The van der Waals surface area contributed by atoms with E-state index in [9.17, 15) is 9.59 Å². The smallest absolute Gasteiger partial charge is 0.343 e. The molecule has 1 atom stereocenters. The van der Waals surface area contributed by atoms with Gasteiger partial charge < -0.3 is 18.9 Å². The van der Waals surface area contributed by atoms with E-state index in [1.807, 2.05) is 50.2 Å². The van der Waals surface area contributed by atoms with Gasteiger partial charge >= 0.3 is 11.9 Å². The van der Waals surface area contributed by atoms with Crippen LogP contribution in [0.25, 0.3) is 11.1 Å². The number of ether oxygens (including phenoxy) is 4. The quantitative estimate of drug-likeness (QED) is 0.118. The van der Waals surface area contributed by atoms with Gasteiger partial charge in [-0.15, -0.1) is 0 Å². The van der Waals surface area contributed by atoms with Gasteiger partial charge in [-0.1, -0.05) is 50.5 Å². The zero-order chi connectivity index (χ0) is 27.2. The standard InChI is InChI=1S/C32H38O6/c1-4-6-7-8-9-24(3)37-31(33)28-16-20-30(21-17-28)38-32(34)27-12-10-25(11-13-27)26-14-18-29(19-15-26)36-23-22-35-5-2/h10-21,24H,4-9,22-23H2,1-3H3. The molecule has 0 heterocycles. The molecule has 38 heavy (non-hydrogen) atoms. The maximum absolute atomic E-state index is 12.6. The summed E-state index contributed by atoms with van der Waals surface area (Å²) in [5.41, 5.74) is 2.86. The van der Waals surface area contributed by atoms with Crippen LogP contribution in [0.3, 0.4) is 0 Å². The second-order valence-electron chi connectivity index (χ2n) is 9.13. The summed E-state index contributed by atoms with van der Waals surface area (Å²) in [7, 11) is 0. The third kappa shape index (κ3) is 9.34. The highest BCUT2D eigenvalue weighted by Gasteiger charge is 2.14. The molecule has 0 N–H and O–H groups in total. The number of carbonyl (C=O) groups excluding carboxylic acids is 2. The van der Waals surface area contributed by atoms with Crippen LogP contribution in [-0.4, -0.2) is 37.9 Å². The molecule has 6 nitrogen and oxygen atoms in total. The summed E-state index contributed by atoms with van der Waals surface area (Å²) in [5.74, 6) is 0.310. The van der Waals surface area contributed by atoms with Crippen molar-refractivity contribution in [1.29, 1.82) is 0 Å². The summed E-state index contributed by atoms with van der Waals surface area (Å²) >= 11 is 0. The lowest BCUT2D eigenvalue weighted by Crippen LogP contribution is -2.15. The van der Waals surface area contributed by atoms with Crippen LogP contribution in [0.1, 0.15) is 73.6 Å². The molecule has 0 aliphatic carbocycles. The molecular formula is C32H38O6. The van der Waals surface area contributed by atoms with E-state index in [-0.39, 0.29) is 12.1 Å². The number of carbonyl (C=O) groups is 2. The van der Waals surface area contributed by atoms with Crippen LogP contribution in [0.15, 0.2) is 72.8 Å². The van der Waals surface area contributed by atoms with Gasteiger partial charge in [0, 0.05) is 6.61 Å². The van der Waals surface area contributed by atoms with E-state index in [1.165, 1.54) is 12.8 Å². The molecule has 3 aromatic carbocycles. The Morgan fingerprint density at radius 1 is 0.684 bits per heavy atom. The first kappa shape index (κ1) is 28.9. The Balaban J connectivity index is 1.49. The summed E-state index contributed by atoms with van der Waals surface area (Å²) in [6.07, 6.45) is 5.31. The van der Waals surface area contributed by atoms with Gasteiger partial charge in [0.2, 0.25) is 0 Å². The average Bonchev–Trinajstić information content (AvgIpc) is 2.94. The third-order valence-electron chi connectivity index (χ3n) is 6.08. The first-order valence-corrected chi connectivity index (χ1v) is 13.4. The number of hydrogen-bond acceptors (Lipinski definition) is 6. The minimum absolute atomic E-state index is 0.128. The van der Waals surface area contributed by atoms with Gasteiger partial charge in [0.15, 0.2) is 0 Å². The molecule has 0 spiro atoms. The molecule has 0 saturated heterocycles. The second kappa shape index (κ2) is 15.6. The molecule has 6 heteroatoms. The molecule has 0 fully saturated rings. The van der Waals surface area contributed by atoms with Crippen LogP contribution in [0, 0.1) is 0 Å². The van der Waals surface area contributed by atoms with Crippen molar-refractivity contribution in [2.24, 2.45) is 0 Å². The van der Waals surface area contributed by atoms with Crippen molar-refractivity contribution in [2.75, 3.05) is 19.8 Å². The van der Waals surface area contributed by atoms with E-state index in [4.69, 9.17) is 18.9 Å². The van der Waals surface area contributed by atoms with Crippen molar-refractivity contribution >= 4 is 11.9 Å². The molecule has 0 aromatic heterocycles. The minimum atomic E-state index is -0.467. The normalized spacial score (nSPS) is 11.6. The number of hydrogen-bond donors (Lipinski definition) is 0. The maximum Gasteiger partial charge on any atom is 0.343 e. The van der Waals surface area contributed by atoms with Crippen LogP contribution in [0.4, 0.5) is 0 Å². The van der Waals surface area contributed by atoms with E-state index in [0.717, 1.165) is 36.1 Å². The molecule has 3 rings (SSSR count). The highest BCUT2D eigenvalue weighted by Crippen LogP contribution is 2.24. The van der Waals surface area contributed by atoms with E-state index in [1.54, 1.807) is 36.4 Å². The van der Waals surface area contributed by atoms with Crippen LogP contribution in [0.5, 0.6) is 11.5 Å². The predicted octanol–water partition coefficient (Wildman–Crippen LogP) is 7.50. The molecule has 0 amide bonds. The lowest BCUT2D eigenvalue weighted by Gasteiger charge is -2.13. The van der Waals surface area contributed by atoms with E-state index in [0.29, 0.717) is 36.7 Å². The molecule has 0 aliphatic heterocycles. The molecule has 0 radical (unpaired) electrons. The van der Waals surface area contributed by atoms with Gasteiger partial charge in [0.05, 0.1) is 23.8 Å². The highest BCUT2D eigenvalue weighted by molar-refractivity contribution is 5.92. The van der Waals surface area contributed by atoms with Gasteiger partial charge in [-0.3, -0.25) is 0 Å². The monoisotopic (exact) mass is 518 g/mol. The maximum atomic E-state index is 12.6. The van der Waals surface area contributed by atoms with Crippen molar-refractivity contribution in [3.8, 4) is 22.6 Å². The van der Waals surface area contributed by atoms with Crippen LogP contribution >= 0.6 is 0 Å². The van der Waals surface area contributed by atoms with E-state index < -0.39 is 5.97 Å². The molecule has 202 valence electrons. The fourth-order valence-electron chi connectivity index (χ4n) is 3.90. The average molecular weight is 519 g/mol. The lowest BCUT2D eigenvalue weighted by molar-refractivity contribution is 0.0319. The van der Waals surface area contributed by atoms with Gasteiger partial charge in [-0.25, -0.2) is 9.59 Å². The highest BCUT2D eigenvalue weighted by atomic mass is 16.5. The Bertz CT molecular complexity index is 1120. The largest absolute Gasteiger partial charge is 0.491 e. The summed E-state index contributed by atoms with van der Waals surface area (Å²) in [6.45, 7) is 7.78. The summed E-state index contributed by atoms with van der Waals surface area (Å²) in [6, 6.07) is 21.4. The molecule has 3 aromatic rings. The number of unbranched alkanes of at least 4 members (excludes halogenated alkanes) is 3. The first-order chi connectivity index (χ1) is 18.5. The van der Waals surface area contributed by atoms with Gasteiger partial charge in [-0.05, 0) is 86.3 Å². The fraction of sp³-hybridized carbons (Fsp3) is 0.375. The first-order valence-electron chi connectivity index (χ1n) is 13.4. The number of benzene rings is 3. The van der Waals surface area contributed by atoms with Crippen molar-refractivity contribution in [3.05, 3.63) is 83.9 Å². The van der Waals surface area contributed by atoms with Crippen LogP contribution < -0.4 is 9.47 Å². The van der Waals surface area contributed by atoms with Crippen LogP contribution in [-0.2, 0) is 9.47 Å².